The summed E-state index contributed by atoms with van der Waals surface area (Å²) in [6.07, 6.45) is -1.24. The van der Waals surface area contributed by atoms with Crippen LogP contribution in [0, 0.1) is 59.2 Å². The zero-order valence-electron chi connectivity index (χ0n) is 59.8. The summed E-state index contributed by atoms with van der Waals surface area (Å²) in [5, 5.41) is 15.2. The summed E-state index contributed by atoms with van der Waals surface area (Å²) >= 11 is 0. The molecule has 2 aliphatic heterocycles. The summed E-state index contributed by atoms with van der Waals surface area (Å²) in [5.41, 5.74) is 0. The first-order chi connectivity index (χ1) is 41.7. The second-order valence-electron chi connectivity index (χ2n) is 28.6. The average molecular weight is 1270 g/mol. The summed E-state index contributed by atoms with van der Waals surface area (Å²) in [7, 11) is 8.85. The summed E-state index contributed by atoms with van der Waals surface area (Å²) in [6.45, 7) is 35.1. The fraction of sp³-hybridized carbons (Fsp3) is 0.838. The summed E-state index contributed by atoms with van der Waals surface area (Å²) < 4.78 is 5.55. The number of aliphatic hydroxyl groups excluding tert-OH is 1. The third kappa shape index (κ3) is 21.6. The molecule has 8 amide bonds. The highest BCUT2D eigenvalue weighted by Crippen LogP contribution is 2.30. The van der Waals surface area contributed by atoms with Crippen LogP contribution in [0.3, 0.4) is 0 Å². The van der Waals surface area contributed by atoms with Crippen LogP contribution in [0.25, 0.3) is 0 Å². The number of ketones is 3. The van der Waals surface area contributed by atoms with E-state index in [9.17, 15) is 38.7 Å². The van der Waals surface area contributed by atoms with Gasteiger partial charge in [0.15, 0.2) is 17.3 Å². The average Bonchev–Trinajstić information content (AvgIpc) is 1.06. The number of carbonyl (C=O) groups excluding carboxylic acids is 11. The van der Waals surface area contributed by atoms with Crippen LogP contribution in [0.15, 0.2) is 0 Å². The van der Waals surface area contributed by atoms with Gasteiger partial charge in [-0.2, -0.15) is 0 Å². The molecule has 22 heteroatoms. The lowest BCUT2D eigenvalue weighted by atomic mass is 9.84. The molecule has 0 aromatic rings. The van der Waals surface area contributed by atoms with E-state index in [1.165, 1.54) is 83.5 Å². The zero-order valence-corrected chi connectivity index (χ0v) is 59.8. The van der Waals surface area contributed by atoms with Gasteiger partial charge in [0.1, 0.15) is 36.3 Å². The number of morpholine rings is 1. The highest BCUT2D eigenvalue weighted by atomic mass is 16.5. The number of nitrogens with zero attached hydrogens (tertiary/aromatic N) is 8. The number of hydrogen-bond acceptors (Lipinski definition) is 14. The van der Waals surface area contributed by atoms with Gasteiger partial charge in [-0.3, -0.25) is 57.6 Å². The summed E-state index contributed by atoms with van der Waals surface area (Å²) in [6, 6.07) is -9.31. The Morgan fingerprint density at radius 2 is 0.944 bits per heavy atom. The van der Waals surface area contributed by atoms with Crippen molar-refractivity contribution in [2.45, 2.75) is 230 Å². The highest BCUT2D eigenvalue weighted by Gasteiger charge is 2.46. The van der Waals surface area contributed by atoms with Gasteiger partial charge in [0, 0.05) is 98.9 Å². The van der Waals surface area contributed by atoms with Crippen molar-refractivity contribution in [3.8, 4) is 0 Å². The number of hydrogen-bond donors (Lipinski definition) is 2. The molecule has 2 heterocycles. The Kier molecular flexibility index (Phi) is 33.0. The van der Waals surface area contributed by atoms with Gasteiger partial charge < -0.3 is 49.5 Å². The van der Waals surface area contributed by atoms with Gasteiger partial charge in [-0.15, -0.1) is 0 Å². The molecule has 0 saturated carbocycles. The number of aliphatic hydroxyl groups is 1. The zero-order chi connectivity index (χ0) is 69.3. The molecule has 2 saturated heterocycles. The minimum atomic E-state index is -1.50. The van der Waals surface area contributed by atoms with Crippen molar-refractivity contribution in [1.29, 1.82) is 0 Å². The Balaban J connectivity index is 3.01. The predicted molar refractivity (Wildman–Crippen MR) is 349 cm³/mol. The topological polar surface area (TPSA) is 255 Å². The quantitative estimate of drug-likeness (QED) is 0.189. The molecular formula is C68H121N9O13. The highest BCUT2D eigenvalue weighted by molar-refractivity contribution is 6.00. The number of carbonyl (C=O) groups is 11. The normalized spacial score (nSPS) is 28.3. The minimum absolute atomic E-state index is 0.0703. The van der Waals surface area contributed by atoms with Crippen molar-refractivity contribution in [3.63, 3.8) is 0 Å². The van der Waals surface area contributed by atoms with E-state index in [4.69, 9.17) is 4.74 Å². The molecule has 516 valence electrons. The van der Waals surface area contributed by atoms with E-state index in [-0.39, 0.29) is 74.4 Å². The van der Waals surface area contributed by atoms with E-state index in [0.29, 0.717) is 39.3 Å². The molecule has 2 N–H and O–H groups in total. The second-order valence-corrected chi connectivity index (χ2v) is 28.6. The van der Waals surface area contributed by atoms with E-state index in [0.717, 1.165) is 0 Å². The van der Waals surface area contributed by atoms with Crippen LogP contribution in [-0.2, 0) is 57.5 Å². The standard InChI is InChI=1S/C68H121N9O13/c1-25-49-37-55(79)59(60(81)45(15)27-28-76-29-31-90-32-30-76)75(24)68(89)58(44(13)14)74(23)67(88)53(35-41(7)8)73(22)66(87)52(34-40(5)6)72(21)62(83)47(17)69-61(82)46(16)36-54(78)51(33-39(3)4)71(20)65(86)50(42(9)10)38-56(80)57(43(11)12)77(26-2)63(84)48(18)70(19)64(49)85/h39-53,57-60,81H,25-38H2,1-24H3,(H,69,82)/t45-,46+,47+,48-,49+,50-,51?,52-,53-,57+,58-,59+,60-/m1/s1. The Morgan fingerprint density at radius 1 is 0.489 bits per heavy atom. The molecule has 22 nitrogen and oxygen atoms in total. The Hall–Kier alpha value is -5.35. The molecular weight excluding hydrogens is 1150 g/mol. The maximum Gasteiger partial charge on any atom is 0.246 e. The SMILES string of the molecule is CC[C@H]1CC(=O)[C@@H]([C@H](O)[C@H](C)CCN2CCOCC2)N(C)C(=O)[C@@H](C(C)C)N(C)C(=O)[C@@H](CC(C)C)N(C)C(=O)[C@@H](CC(C)C)N(C)C(=O)[C@H](C)NC(=O)[C@@H](C)CC(=O)C(CC(C)C)N(C)C(=O)[C@@H](C(C)C)CC(=O)[C@H](C(C)C)N(CC)C(=O)[C@@H](C)N(C)C1=O. The number of likely N-dealkylation sites (N-methyl/N-ethyl adjacent to an activating group) is 7. The smallest absolute Gasteiger partial charge is 0.246 e. The first-order valence-electron chi connectivity index (χ1n) is 33.5. The third-order valence-corrected chi connectivity index (χ3v) is 18.8. The summed E-state index contributed by atoms with van der Waals surface area (Å²) in [5.74, 6) is -11.1. The maximum atomic E-state index is 15.4. The molecule has 1 unspecified atom stereocenters. The van der Waals surface area contributed by atoms with Crippen molar-refractivity contribution in [2.75, 3.05) is 81.7 Å². The van der Waals surface area contributed by atoms with Gasteiger partial charge in [0.25, 0.3) is 0 Å². The Morgan fingerprint density at radius 3 is 1.41 bits per heavy atom. The molecule has 13 atom stereocenters. The van der Waals surface area contributed by atoms with Gasteiger partial charge in [-0.25, -0.2) is 0 Å². The van der Waals surface area contributed by atoms with Crippen LogP contribution in [0.4, 0.5) is 0 Å². The van der Waals surface area contributed by atoms with Gasteiger partial charge >= 0.3 is 0 Å². The molecule has 0 spiro atoms. The Labute approximate surface area is 540 Å². The van der Waals surface area contributed by atoms with Crippen LogP contribution >= 0.6 is 0 Å². The molecule has 0 aliphatic carbocycles. The number of amides is 8. The third-order valence-electron chi connectivity index (χ3n) is 18.8. The number of ether oxygens (including phenoxy) is 1. The van der Waals surface area contributed by atoms with Gasteiger partial charge in [-0.05, 0) is 101 Å². The first kappa shape index (κ1) is 80.7. The largest absolute Gasteiger partial charge is 0.390 e. The Bertz CT molecular complexity index is 2430. The molecule has 0 aromatic carbocycles. The molecule has 2 aliphatic rings. The number of rotatable bonds is 16. The van der Waals surface area contributed by atoms with Crippen LogP contribution in [0.1, 0.15) is 176 Å². The summed E-state index contributed by atoms with van der Waals surface area (Å²) in [4.78, 5) is 175. The van der Waals surface area contributed by atoms with E-state index >= 15 is 19.2 Å². The van der Waals surface area contributed by atoms with Crippen molar-refractivity contribution < 1.29 is 62.6 Å². The predicted octanol–water partition coefficient (Wildman–Crippen LogP) is 5.69. The van der Waals surface area contributed by atoms with Gasteiger partial charge in [0.2, 0.25) is 47.3 Å². The second kappa shape index (κ2) is 36.8. The molecule has 0 bridgehead atoms. The number of Topliss-reactive ketones (excluding diaryl/α,β-unsaturated/α-hetero) is 3. The molecule has 0 aromatic heterocycles. The number of nitrogens with one attached hydrogen (secondary N) is 1. The fourth-order valence-corrected chi connectivity index (χ4v) is 12.8. The van der Waals surface area contributed by atoms with E-state index in [1.54, 1.807) is 62.3 Å². The van der Waals surface area contributed by atoms with Crippen LogP contribution in [0.5, 0.6) is 0 Å². The van der Waals surface area contributed by atoms with Crippen molar-refractivity contribution in [1.82, 2.24) is 44.5 Å². The minimum Gasteiger partial charge on any atom is -0.390 e. The van der Waals surface area contributed by atoms with Crippen molar-refractivity contribution >= 4 is 64.6 Å². The van der Waals surface area contributed by atoms with Crippen LogP contribution in [0.2, 0.25) is 0 Å². The maximum absolute atomic E-state index is 15.4. The molecule has 90 heavy (non-hydrogen) atoms. The van der Waals surface area contributed by atoms with Crippen molar-refractivity contribution in [3.05, 3.63) is 0 Å². The molecule has 2 fully saturated rings. The monoisotopic (exact) mass is 1270 g/mol. The van der Waals surface area contributed by atoms with Crippen LogP contribution in [-0.4, -0.2) is 245 Å². The van der Waals surface area contributed by atoms with E-state index in [1.807, 2.05) is 55.4 Å². The van der Waals surface area contributed by atoms with E-state index in [2.05, 4.69) is 10.2 Å². The van der Waals surface area contributed by atoms with Crippen molar-refractivity contribution in [2.24, 2.45) is 59.2 Å². The van der Waals surface area contributed by atoms with Gasteiger partial charge in [0.05, 0.1) is 31.4 Å². The van der Waals surface area contributed by atoms with Crippen LogP contribution < -0.4 is 5.32 Å². The van der Waals surface area contributed by atoms with Gasteiger partial charge in [-0.1, -0.05) is 104 Å². The molecule has 0 radical (unpaired) electrons. The lowest BCUT2D eigenvalue weighted by Gasteiger charge is -2.42. The fourth-order valence-electron chi connectivity index (χ4n) is 12.8. The van der Waals surface area contributed by atoms with E-state index < -0.39 is 155 Å². The first-order valence-corrected chi connectivity index (χ1v) is 33.5. The lowest BCUT2D eigenvalue weighted by molar-refractivity contribution is -0.157. The molecule has 2 rings (SSSR count). The lowest BCUT2D eigenvalue weighted by Crippen LogP contribution is -2.62.